The van der Waals surface area contributed by atoms with Crippen molar-refractivity contribution >= 4 is 27.9 Å². The van der Waals surface area contributed by atoms with Gasteiger partial charge < -0.3 is 20.5 Å². The highest BCUT2D eigenvalue weighted by atomic mass is 79.9. The summed E-state index contributed by atoms with van der Waals surface area (Å²) in [6.07, 6.45) is 3.57. The van der Waals surface area contributed by atoms with Gasteiger partial charge in [-0.1, -0.05) is 41.9 Å². The van der Waals surface area contributed by atoms with Crippen molar-refractivity contribution in [2.75, 3.05) is 13.6 Å². The number of nitrogens with zero attached hydrogens (tertiary/aromatic N) is 2. The predicted octanol–water partition coefficient (Wildman–Crippen LogP) is 3.46. The van der Waals surface area contributed by atoms with Crippen molar-refractivity contribution in [3.8, 4) is 11.3 Å². The summed E-state index contributed by atoms with van der Waals surface area (Å²) in [6.45, 7) is 4.53. The van der Waals surface area contributed by atoms with Gasteiger partial charge in [0, 0.05) is 18.1 Å². The molecular weight excluding hydrogens is 422 g/mol. The number of aromatic amines is 1. The minimum absolute atomic E-state index is 0.0130. The lowest BCUT2D eigenvalue weighted by Crippen LogP contribution is -2.53. The first-order valence-electron chi connectivity index (χ1n) is 9.50. The van der Waals surface area contributed by atoms with Gasteiger partial charge in [-0.2, -0.15) is 0 Å². The van der Waals surface area contributed by atoms with Crippen LogP contribution in [0.15, 0.2) is 34.9 Å². The molecule has 0 saturated carbocycles. The largest absolute Gasteiger partial charge is 0.341 e. The lowest BCUT2D eigenvalue weighted by molar-refractivity contribution is -0.135. The molecule has 7 nitrogen and oxygen atoms in total. The average molecular weight is 448 g/mol. The maximum absolute atomic E-state index is 13.2. The van der Waals surface area contributed by atoms with Gasteiger partial charge in [0.1, 0.15) is 11.9 Å². The number of carbonyl (C=O) groups excluding carboxylic acids is 2. The fraction of sp³-hybridized carbons (Fsp3) is 0.450. The summed E-state index contributed by atoms with van der Waals surface area (Å²) in [5.74, 6) is 0.704. The second-order valence-electron chi connectivity index (χ2n) is 7.32. The minimum atomic E-state index is -0.568. The maximum atomic E-state index is 13.2. The summed E-state index contributed by atoms with van der Waals surface area (Å²) < 4.78 is 1.02. The van der Waals surface area contributed by atoms with E-state index in [1.165, 1.54) is 0 Å². The van der Waals surface area contributed by atoms with Crippen LogP contribution in [0.25, 0.3) is 11.3 Å². The van der Waals surface area contributed by atoms with Crippen LogP contribution < -0.4 is 10.6 Å². The predicted molar refractivity (Wildman–Crippen MR) is 112 cm³/mol. The molecule has 3 rings (SSSR count). The van der Waals surface area contributed by atoms with Crippen molar-refractivity contribution in [3.05, 3.63) is 40.8 Å². The van der Waals surface area contributed by atoms with Gasteiger partial charge in [0.05, 0.1) is 17.9 Å². The first-order valence-corrected chi connectivity index (χ1v) is 10.3. The van der Waals surface area contributed by atoms with E-state index in [1.54, 1.807) is 7.05 Å². The SMILES string of the molecule is CNC(=O)NC(C(=O)N1CCCC1c1ncc(-c2ccc(Br)cc2)[nH]1)C(C)C. The van der Waals surface area contributed by atoms with Gasteiger partial charge in [-0.3, -0.25) is 4.79 Å². The van der Waals surface area contributed by atoms with Crippen LogP contribution in [0.4, 0.5) is 4.79 Å². The highest BCUT2D eigenvalue weighted by Crippen LogP contribution is 2.32. The number of nitrogens with one attached hydrogen (secondary N) is 3. The molecule has 1 aromatic carbocycles. The van der Waals surface area contributed by atoms with Gasteiger partial charge in [0.15, 0.2) is 0 Å². The number of benzene rings is 1. The van der Waals surface area contributed by atoms with Crippen LogP contribution in [0.2, 0.25) is 0 Å². The zero-order chi connectivity index (χ0) is 20.3. The molecular formula is C20H26BrN5O2. The highest BCUT2D eigenvalue weighted by Gasteiger charge is 2.37. The fourth-order valence-corrected chi connectivity index (χ4v) is 3.77. The molecule has 2 atom stereocenters. The average Bonchev–Trinajstić information content (AvgIpc) is 3.34. The Morgan fingerprint density at radius 3 is 2.64 bits per heavy atom. The molecule has 2 unspecified atom stereocenters. The van der Waals surface area contributed by atoms with E-state index < -0.39 is 6.04 Å². The van der Waals surface area contributed by atoms with Gasteiger partial charge in [-0.15, -0.1) is 0 Å². The van der Waals surface area contributed by atoms with E-state index in [1.807, 2.05) is 49.2 Å². The Morgan fingerprint density at radius 2 is 2.00 bits per heavy atom. The van der Waals surface area contributed by atoms with Gasteiger partial charge in [0.2, 0.25) is 5.91 Å². The van der Waals surface area contributed by atoms with Crippen LogP contribution in [0.1, 0.15) is 38.6 Å². The Bertz CT molecular complexity index is 833. The molecule has 0 aliphatic carbocycles. The highest BCUT2D eigenvalue weighted by molar-refractivity contribution is 9.10. The summed E-state index contributed by atoms with van der Waals surface area (Å²) in [4.78, 5) is 34.7. The Morgan fingerprint density at radius 1 is 1.29 bits per heavy atom. The molecule has 0 bridgehead atoms. The van der Waals surface area contributed by atoms with E-state index in [9.17, 15) is 9.59 Å². The molecule has 0 radical (unpaired) electrons. The lowest BCUT2D eigenvalue weighted by atomic mass is 10.0. The van der Waals surface area contributed by atoms with Gasteiger partial charge in [0.25, 0.3) is 0 Å². The van der Waals surface area contributed by atoms with E-state index in [4.69, 9.17) is 0 Å². The summed E-state index contributed by atoms with van der Waals surface area (Å²) in [5.41, 5.74) is 1.96. The molecule has 1 aliphatic rings. The van der Waals surface area contributed by atoms with Gasteiger partial charge in [-0.25, -0.2) is 9.78 Å². The molecule has 28 heavy (non-hydrogen) atoms. The molecule has 1 aromatic heterocycles. The summed E-state index contributed by atoms with van der Waals surface area (Å²) in [7, 11) is 1.54. The van der Waals surface area contributed by atoms with Crippen LogP contribution in [0.5, 0.6) is 0 Å². The molecule has 150 valence electrons. The smallest absolute Gasteiger partial charge is 0.315 e. The second-order valence-corrected chi connectivity index (χ2v) is 8.24. The fourth-order valence-electron chi connectivity index (χ4n) is 3.50. The van der Waals surface area contributed by atoms with Crippen molar-refractivity contribution in [2.24, 2.45) is 5.92 Å². The molecule has 2 heterocycles. The molecule has 1 aliphatic heterocycles. The normalized spacial score (nSPS) is 17.6. The van der Waals surface area contributed by atoms with Crippen molar-refractivity contribution in [1.82, 2.24) is 25.5 Å². The molecule has 3 N–H and O–H groups in total. The van der Waals surface area contributed by atoms with Crippen LogP contribution in [0.3, 0.4) is 0 Å². The van der Waals surface area contributed by atoms with Crippen LogP contribution >= 0.6 is 15.9 Å². The summed E-state index contributed by atoms with van der Waals surface area (Å²) in [6, 6.07) is 6.98. The van der Waals surface area contributed by atoms with Crippen molar-refractivity contribution in [3.63, 3.8) is 0 Å². The van der Waals surface area contributed by atoms with E-state index in [0.717, 1.165) is 34.4 Å². The molecule has 0 spiro atoms. The number of carbonyl (C=O) groups is 2. The lowest BCUT2D eigenvalue weighted by Gasteiger charge is -2.30. The van der Waals surface area contributed by atoms with E-state index in [-0.39, 0.29) is 23.9 Å². The quantitative estimate of drug-likeness (QED) is 0.655. The number of amides is 3. The Hall–Kier alpha value is -2.35. The number of likely N-dealkylation sites (tertiary alicyclic amines) is 1. The van der Waals surface area contributed by atoms with E-state index in [2.05, 4.69) is 36.5 Å². The zero-order valence-electron chi connectivity index (χ0n) is 16.3. The third kappa shape index (κ3) is 4.38. The Labute approximate surface area is 173 Å². The number of urea groups is 1. The third-order valence-corrected chi connectivity index (χ3v) is 5.58. The van der Waals surface area contributed by atoms with Gasteiger partial charge >= 0.3 is 6.03 Å². The molecule has 3 amide bonds. The van der Waals surface area contributed by atoms with Crippen LogP contribution in [-0.2, 0) is 4.79 Å². The van der Waals surface area contributed by atoms with Crippen molar-refractivity contribution < 1.29 is 9.59 Å². The number of aromatic nitrogens is 2. The molecule has 8 heteroatoms. The van der Waals surface area contributed by atoms with E-state index >= 15 is 0 Å². The second kappa shape index (κ2) is 8.77. The van der Waals surface area contributed by atoms with E-state index in [0.29, 0.717) is 6.54 Å². The first-order chi connectivity index (χ1) is 13.4. The van der Waals surface area contributed by atoms with Crippen molar-refractivity contribution in [2.45, 2.75) is 38.8 Å². The first kappa shape index (κ1) is 20.4. The number of hydrogen-bond donors (Lipinski definition) is 3. The molecule has 2 aromatic rings. The number of H-pyrrole nitrogens is 1. The van der Waals surface area contributed by atoms with Crippen molar-refractivity contribution in [1.29, 1.82) is 0 Å². The zero-order valence-corrected chi connectivity index (χ0v) is 17.9. The summed E-state index contributed by atoms with van der Waals surface area (Å²) in [5, 5.41) is 5.30. The Kier molecular flexibility index (Phi) is 6.39. The monoisotopic (exact) mass is 447 g/mol. The Balaban J connectivity index is 1.79. The number of hydrogen-bond acceptors (Lipinski definition) is 3. The number of imidazole rings is 1. The maximum Gasteiger partial charge on any atom is 0.315 e. The standard InChI is InChI=1S/C20H26BrN5O2/c1-12(2)17(25-20(28)22-3)19(27)26-10-4-5-16(26)18-23-11-15(24-18)13-6-8-14(21)9-7-13/h6-9,11-12,16-17H,4-5,10H2,1-3H3,(H,23,24)(H2,22,25,28). The van der Waals surface area contributed by atoms with Crippen LogP contribution in [0, 0.1) is 5.92 Å². The molecule has 1 fully saturated rings. The summed E-state index contributed by atoms with van der Waals surface area (Å²) >= 11 is 3.44. The van der Waals surface area contributed by atoms with Crippen LogP contribution in [-0.4, -0.2) is 46.4 Å². The minimum Gasteiger partial charge on any atom is -0.341 e. The van der Waals surface area contributed by atoms with Gasteiger partial charge in [-0.05, 0) is 36.5 Å². The number of rotatable bonds is 5. The topological polar surface area (TPSA) is 90.1 Å². The molecule has 1 saturated heterocycles. The third-order valence-electron chi connectivity index (χ3n) is 5.05. The number of halogens is 1.